The standard InChI is InChI=1S/C15H23NO4S/c1-15(2)9-14(7-8-20-15)16-21(18,19)11-13-5-3-12(10-17)4-6-13/h3-6,14,16-17H,7-11H2,1-2H3. The Kier molecular flexibility index (Phi) is 5.03. The van der Waals surface area contributed by atoms with Gasteiger partial charge in [0, 0.05) is 12.6 Å². The van der Waals surface area contributed by atoms with E-state index in [-0.39, 0.29) is 24.0 Å². The lowest BCUT2D eigenvalue weighted by Gasteiger charge is -2.35. The molecular formula is C15H23NO4S. The van der Waals surface area contributed by atoms with E-state index >= 15 is 0 Å². The lowest BCUT2D eigenvalue weighted by molar-refractivity contribution is -0.0599. The topological polar surface area (TPSA) is 75.6 Å². The molecule has 0 amide bonds. The van der Waals surface area contributed by atoms with Crippen LogP contribution in [0.3, 0.4) is 0 Å². The monoisotopic (exact) mass is 313 g/mol. The first-order valence-electron chi connectivity index (χ1n) is 7.12. The zero-order chi connectivity index (χ0) is 15.5. The van der Waals surface area contributed by atoms with Gasteiger partial charge in [0.15, 0.2) is 0 Å². The van der Waals surface area contributed by atoms with Crippen molar-refractivity contribution in [3.8, 4) is 0 Å². The molecule has 2 rings (SSSR count). The minimum absolute atomic E-state index is 0.0392. The van der Waals surface area contributed by atoms with Gasteiger partial charge in [-0.1, -0.05) is 24.3 Å². The molecular weight excluding hydrogens is 290 g/mol. The summed E-state index contributed by atoms with van der Waals surface area (Å²) in [7, 11) is -3.37. The molecule has 1 atom stereocenters. The quantitative estimate of drug-likeness (QED) is 0.865. The summed E-state index contributed by atoms with van der Waals surface area (Å²) in [5, 5.41) is 8.98. The highest BCUT2D eigenvalue weighted by Crippen LogP contribution is 2.24. The Morgan fingerprint density at radius 3 is 2.48 bits per heavy atom. The highest BCUT2D eigenvalue weighted by Gasteiger charge is 2.31. The summed E-state index contributed by atoms with van der Waals surface area (Å²) in [5.41, 5.74) is 1.20. The second-order valence-corrected chi connectivity index (χ2v) is 7.90. The molecule has 0 radical (unpaired) electrons. The SMILES string of the molecule is CC1(C)CC(NS(=O)(=O)Cc2ccc(CO)cc2)CCO1. The van der Waals surface area contributed by atoms with Crippen molar-refractivity contribution >= 4 is 10.0 Å². The van der Waals surface area contributed by atoms with E-state index in [4.69, 9.17) is 9.84 Å². The summed E-state index contributed by atoms with van der Waals surface area (Å²) in [6.07, 6.45) is 1.38. The third kappa shape index (κ3) is 5.07. The fraction of sp³-hybridized carbons (Fsp3) is 0.600. The van der Waals surface area contributed by atoms with Gasteiger partial charge in [-0.2, -0.15) is 0 Å². The molecule has 0 saturated carbocycles. The fourth-order valence-electron chi connectivity index (χ4n) is 2.59. The zero-order valence-corrected chi connectivity index (χ0v) is 13.3. The van der Waals surface area contributed by atoms with Crippen LogP contribution in [-0.2, 0) is 27.1 Å². The number of nitrogens with one attached hydrogen (secondary N) is 1. The third-order valence-corrected chi connectivity index (χ3v) is 5.01. The van der Waals surface area contributed by atoms with Crippen LogP contribution >= 0.6 is 0 Å². The predicted molar refractivity (Wildman–Crippen MR) is 81.2 cm³/mol. The van der Waals surface area contributed by atoms with Gasteiger partial charge in [0.2, 0.25) is 10.0 Å². The van der Waals surface area contributed by atoms with Gasteiger partial charge in [-0.15, -0.1) is 0 Å². The van der Waals surface area contributed by atoms with Crippen molar-refractivity contribution in [3.63, 3.8) is 0 Å². The van der Waals surface area contributed by atoms with Crippen molar-refractivity contribution in [2.45, 2.75) is 50.7 Å². The van der Waals surface area contributed by atoms with Crippen LogP contribution in [0.2, 0.25) is 0 Å². The summed E-state index contributed by atoms with van der Waals surface area (Å²) < 4.78 is 32.8. The van der Waals surface area contributed by atoms with Gasteiger partial charge < -0.3 is 9.84 Å². The largest absolute Gasteiger partial charge is 0.392 e. The molecule has 1 aromatic rings. The Hall–Kier alpha value is -0.950. The third-order valence-electron chi connectivity index (χ3n) is 3.61. The lowest BCUT2D eigenvalue weighted by atomic mass is 9.95. The van der Waals surface area contributed by atoms with Gasteiger partial charge in [-0.25, -0.2) is 13.1 Å². The molecule has 0 aromatic heterocycles. The minimum Gasteiger partial charge on any atom is -0.392 e. The summed E-state index contributed by atoms with van der Waals surface area (Å²) in [6, 6.07) is 6.87. The average Bonchev–Trinajstić information content (AvgIpc) is 2.37. The highest BCUT2D eigenvalue weighted by molar-refractivity contribution is 7.88. The van der Waals surface area contributed by atoms with Crippen molar-refractivity contribution in [3.05, 3.63) is 35.4 Å². The summed E-state index contributed by atoms with van der Waals surface area (Å²) in [4.78, 5) is 0. The average molecular weight is 313 g/mol. The van der Waals surface area contributed by atoms with Crippen LogP contribution < -0.4 is 4.72 Å². The maximum atomic E-state index is 12.2. The van der Waals surface area contributed by atoms with E-state index < -0.39 is 10.0 Å². The number of aliphatic hydroxyl groups excluding tert-OH is 1. The van der Waals surface area contributed by atoms with Crippen molar-refractivity contribution < 1.29 is 18.3 Å². The first-order chi connectivity index (χ1) is 9.80. The van der Waals surface area contributed by atoms with E-state index in [1.807, 2.05) is 13.8 Å². The van der Waals surface area contributed by atoms with Crippen LogP contribution in [0.1, 0.15) is 37.8 Å². The molecule has 1 saturated heterocycles. The van der Waals surface area contributed by atoms with Crippen LogP contribution in [0.25, 0.3) is 0 Å². The van der Waals surface area contributed by atoms with Crippen molar-refractivity contribution in [1.82, 2.24) is 4.72 Å². The number of aliphatic hydroxyl groups is 1. The second-order valence-electron chi connectivity index (χ2n) is 6.15. The van der Waals surface area contributed by atoms with Gasteiger partial charge in [0.1, 0.15) is 0 Å². The molecule has 1 unspecified atom stereocenters. The first-order valence-corrected chi connectivity index (χ1v) is 8.77. The van der Waals surface area contributed by atoms with Crippen LogP contribution in [0.4, 0.5) is 0 Å². The summed E-state index contributed by atoms with van der Waals surface area (Å²) in [6.45, 7) is 4.48. The van der Waals surface area contributed by atoms with Gasteiger partial charge in [0.25, 0.3) is 0 Å². The molecule has 1 aliphatic rings. The Labute approximate surface area is 126 Å². The van der Waals surface area contributed by atoms with Crippen LogP contribution in [0.15, 0.2) is 24.3 Å². The molecule has 2 N–H and O–H groups in total. The van der Waals surface area contributed by atoms with Gasteiger partial charge >= 0.3 is 0 Å². The molecule has 1 fully saturated rings. The van der Waals surface area contributed by atoms with Gasteiger partial charge in [-0.3, -0.25) is 0 Å². The van der Waals surface area contributed by atoms with Crippen molar-refractivity contribution in [1.29, 1.82) is 0 Å². The van der Waals surface area contributed by atoms with Gasteiger partial charge in [0.05, 0.1) is 18.0 Å². The van der Waals surface area contributed by atoms with Crippen LogP contribution in [-0.4, -0.2) is 31.8 Å². The van der Waals surface area contributed by atoms with Crippen molar-refractivity contribution in [2.24, 2.45) is 0 Å². The predicted octanol–water partition coefficient (Wildman–Crippen LogP) is 1.56. The minimum atomic E-state index is -3.37. The number of sulfonamides is 1. The second kappa shape index (κ2) is 6.44. The van der Waals surface area contributed by atoms with Crippen LogP contribution in [0, 0.1) is 0 Å². The molecule has 6 heteroatoms. The number of ether oxygens (including phenoxy) is 1. The molecule has 1 heterocycles. The van der Waals surface area contributed by atoms with E-state index in [1.54, 1.807) is 24.3 Å². The summed E-state index contributed by atoms with van der Waals surface area (Å²) >= 11 is 0. The van der Waals surface area contributed by atoms with E-state index in [1.165, 1.54) is 0 Å². The molecule has 0 spiro atoms. The molecule has 0 aliphatic carbocycles. The smallest absolute Gasteiger partial charge is 0.216 e. The fourth-order valence-corrected chi connectivity index (χ4v) is 4.01. The first kappa shape index (κ1) is 16.4. The van der Waals surface area contributed by atoms with Gasteiger partial charge in [-0.05, 0) is 37.8 Å². The van der Waals surface area contributed by atoms with E-state index in [9.17, 15) is 8.42 Å². The Morgan fingerprint density at radius 1 is 1.29 bits per heavy atom. The normalized spacial score (nSPS) is 22.1. The lowest BCUT2D eigenvalue weighted by Crippen LogP contribution is -2.46. The Bertz CT molecular complexity index is 566. The van der Waals surface area contributed by atoms with E-state index in [0.717, 1.165) is 5.56 Å². The maximum absolute atomic E-state index is 12.2. The van der Waals surface area contributed by atoms with Crippen molar-refractivity contribution in [2.75, 3.05) is 6.61 Å². The van der Waals surface area contributed by atoms with E-state index in [2.05, 4.69) is 4.72 Å². The molecule has 5 nitrogen and oxygen atoms in total. The molecule has 118 valence electrons. The highest BCUT2D eigenvalue weighted by atomic mass is 32.2. The van der Waals surface area contributed by atoms with E-state index in [0.29, 0.717) is 25.0 Å². The molecule has 1 aliphatic heterocycles. The number of hydrogen-bond acceptors (Lipinski definition) is 4. The number of rotatable bonds is 5. The number of benzene rings is 1. The zero-order valence-electron chi connectivity index (χ0n) is 12.5. The molecule has 0 bridgehead atoms. The molecule has 21 heavy (non-hydrogen) atoms. The van der Waals surface area contributed by atoms with Crippen LogP contribution in [0.5, 0.6) is 0 Å². The summed E-state index contributed by atoms with van der Waals surface area (Å²) in [5.74, 6) is -0.0451. The maximum Gasteiger partial charge on any atom is 0.216 e. The molecule has 1 aromatic carbocycles. The Morgan fingerprint density at radius 2 is 1.90 bits per heavy atom. The number of hydrogen-bond donors (Lipinski definition) is 2. The Balaban J connectivity index is 1.98.